The average molecular weight is 350 g/mol. The summed E-state index contributed by atoms with van der Waals surface area (Å²) in [6, 6.07) is 0. The summed E-state index contributed by atoms with van der Waals surface area (Å²) < 4.78 is 15.5. The Bertz CT molecular complexity index is 405. The number of likely N-dealkylation sites (N-methyl/N-ethyl adjacent to an activating group) is 1. The maximum atomic E-state index is 11.1. The Morgan fingerprint density at radius 1 is 1.35 bits per heavy atom. The van der Waals surface area contributed by atoms with Crippen LogP contribution in [0.1, 0.15) is 13.8 Å². The number of carbonyl (C=O) groups is 2. The predicted octanol–water partition coefficient (Wildman–Crippen LogP) is -1.68. The summed E-state index contributed by atoms with van der Waals surface area (Å²) in [6.07, 6.45) is 1.54. The fourth-order valence-electron chi connectivity index (χ4n) is 1.53. The number of halogens is 1. The Morgan fingerprint density at radius 2 is 1.91 bits per heavy atom. The molecule has 0 radical (unpaired) electrons. The molecule has 7 heteroatoms. The van der Waals surface area contributed by atoms with Crippen molar-refractivity contribution >= 4 is 11.9 Å². The third kappa shape index (κ3) is 14.0. The van der Waals surface area contributed by atoms with Gasteiger partial charge in [0.15, 0.2) is 0 Å². The van der Waals surface area contributed by atoms with Gasteiger partial charge in [-0.25, -0.2) is 9.59 Å². The summed E-state index contributed by atoms with van der Waals surface area (Å²) in [6.45, 7) is 13.6. The number of nitrogens with zero attached hydrogens (tertiary/aromatic N) is 1. The summed E-state index contributed by atoms with van der Waals surface area (Å²) in [5.41, 5.74) is 0.450. The number of ether oxygens (including phenoxy) is 3. The van der Waals surface area contributed by atoms with E-state index >= 15 is 0 Å². The van der Waals surface area contributed by atoms with Crippen LogP contribution in [0.25, 0.3) is 0 Å². The van der Waals surface area contributed by atoms with Gasteiger partial charge >= 0.3 is 11.9 Å². The summed E-state index contributed by atoms with van der Waals surface area (Å²) >= 11 is 0. The maximum Gasteiger partial charge on any atom is 0.333 e. The van der Waals surface area contributed by atoms with Gasteiger partial charge in [0.2, 0.25) is 0 Å². The highest BCUT2D eigenvalue weighted by Crippen LogP contribution is 2.13. The zero-order valence-corrected chi connectivity index (χ0v) is 15.2. The van der Waals surface area contributed by atoms with Crippen molar-refractivity contribution in [3.63, 3.8) is 0 Å². The van der Waals surface area contributed by atoms with Crippen LogP contribution in [0.5, 0.6) is 0 Å². The van der Waals surface area contributed by atoms with Crippen molar-refractivity contribution in [3.8, 4) is 0 Å². The number of esters is 2. The molecule has 1 heterocycles. The molecular weight excluding hydrogens is 322 g/mol. The Labute approximate surface area is 145 Å². The molecule has 134 valence electrons. The van der Waals surface area contributed by atoms with Crippen LogP contribution >= 0.6 is 0 Å². The van der Waals surface area contributed by atoms with Crippen molar-refractivity contribution in [2.24, 2.45) is 0 Å². The van der Waals surface area contributed by atoms with Crippen LogP contribution in [0.3, 0.4) is 0 Å². The van der Waals surface area contributed by atoms with Gasteiger partial charge in [-0.2, -0.15) is 0 Å². The van der Waals surface area contributed by atoms with E-state index in [-0.39, 0.29) is 24.3 Å². The van der Waals surface area contributed by atoms with Gasteiger partial charge in [-0.1, -0.05) is 13.2 Å². The molecule has 1 rings (SSSR count). The molecule has 0 saturated carbocycles. The first kappa shape index (κ1) is 23.9. The summed E-state index contributed by atoms with van der Waals surface area (Å²) in [5.74, 6) is -0.667. The molecule has 1 unspecified atom stereocenters. The van der Waals surface area contributed by atoms with Gasteiger partial charge in [0.25, 0.3) is 0 Å². The predicted molar refractivity (Wildman–Crippen MR) is 84.2 cm³/mol. The Hall–Kier alpha value is -1.37. The second kappa shape index (κ2) is 12.1. The molecule has 0 amide bonds. The molecule has 0 aliphatic carbocycles. The average Bonchev–Trinajstić information content (AvgIpc) is 3.22. The smallest absolute Gasteiger partial charge is 0.333 e. The molecule has 23 heavy (non-hydrogen) atoms. The van der Waals surface area contributed by atoms with Gasteiger partial charge in [-0.3, -0.25) is 0 Å². The molecular formula is C16H28ClNO5. The minimum Gasteiger partial charge on any atom is -1.00 e. The number of hydrogen-bond donors (Lipinski definition) is 0. The lowest BCUT2D eigenvalue weighted by Gasteiger charge is -2.28. The lowest BCUT2D eigenvalue weighted by Crippen LogP contribution is -3.00. The fourth-order valence-corrected chi connectivity index (χ4v) is 1.53. The first-order valence-corrected chi connectivity index (χ1v) is 7.27. The Kier molecular flexibility index (Phi) is 12.6. The van der Waals surface area contributed by atoms with E-state index in [0.717, 1.165) is 30.3 Å². The molecule has 0 N–H and O–H groups in total. The Balaban J connectivity index is 0. The lowest BCUT2D eigenvalue weighted by molar-refractivity contribution is -0.890. The summed E-state index contributed by atoms with van der Waals surface area (Å²) in [5, 5.41) is 0. The number of hydrogen-bond acceptors (Lipinski definition) is 5. The molecule has 1 fully saturated rings. The third-order valence-electron chi connectivity index (χ3n) is 2.83. The van der Waals surface area contributed by atoms with E-state index in [2.05, 4.69) is 32.0 Å². The molecule has 0 spiro atoms. The Morgan fingerprint density at radius 3 is 2.26 bits per heavy atom. The highest BCUT2D eigenvalue weighted by atomic mass is 35.5. The van der Waals surface area contributed by atoms with Gasteiger partial charge in [-0.15, -0.1) is 0 Å². The zero-order valence-electron chi connectivity index (χ0n) is 14.5. The van der Waals surface area contributed by atoms with E-state index in [1.54, 1.807) is 13.8 Å². The van der Waals surface area contributed by atoms with Crippen LogP contribution in [0.4, 0.5) is 0 Å². The fraction of sp³-hybridized carbons (Fsp3) is 0.625. The molecule has 0 aromatic heterocycles. The van der Waals surface area contributed by atoms with Crippen molar-refractivity contribution in [3.05, 3.63) is 24.8 Å². The van der Waals surface area contributed by atoms with Crippen LogP contribution in [0.2, 0.25) is 0 Å². The highest BCUT2D eigenvalue weighted by molar-refractivity contribution is 5.86. The number of epoxide rings is 1. The topological polar surface area (TPSA) is 65.1 Å². The van der Waals surface area contributed by atoms with E-state index in [9.17, 15) is 9.59 Å². The molecule has 6 nitrogen and oxygen atoms in total. The normalized spacial score (nSPS) is 15.2. The van der Waals surface area contributed by atoms with Crippen molar-refractivity contribution in [1.29, 1.82) is 0 Å². The SMILES string of the molecule is C=C(C)C(=O)OCC[N+](C)(C)CC1CO1.C=CC(=O)OCC.[Cl-]. The van der Waals surface area contributed by atoms with E-state index in [4.69, 9.17) is 9.47 Å². The molecule has 1 atom stereocenters. The lowest BCUT2D eigenvalue weighted by atomic mass is 10.3. The summed E-state index contributed by atoms with van der Waals surface area (Å²) in [7, 11) is 4.21. The zero-order chi connectivity index (χ0) is 17.2. The van der Waals surface area contributed by atoms with Crippen molar-refractivity contribution in [2.45, 2.75) is 20.0 Å². The first-order chi connectivity index (χ1) is 10.2. The van der Waals surface area contributed by atoms with Crippen LogP contribution in [0.15, 0.2) is 24.8 Å². The van der Waals surface area contributed by atoms with Gasteiger partial charge in [-0.05, 0) is 13.8 Å². The van der Waals surface area contributed by atoms with Crippen molar-refractivity contribution in [2.75, 3.05) is 47.0 Å². The standard InChI is InChI=1S/C11H20NO3.C5H8O2.ClH/c1-9(2)11(13)14-6-5-12(3,4)7-10-8-15-10;1-3-5(6)7-4-2;/h10H,1,5-8H2,2-4H3;3H,1,4H2,2H3;1H/q+1;;/p-1. The van der Waals surface area contributed by atoms with E-state index in [1.807, 2.05) is 0 Å². The maximum absolute atomic E-state index is 11.1. The van der Waals surface area contributed by atoms with Crippen LogP contribution < -0.4 is 12.4 Å². The van der Waals surface area contributed by atoms with Crippen LogP contribution in [-0.4, -0.2) is 69.5 Å². The molecule has 1 aliphatic rings. The van der Waals surface area contributed by atoms with Crippen molar-refractivity contribution in [1.82, 2.24) is 0 Å². The molecule has 1 saturated heterocycles. The van der Waals surface area contributed by atoms with E-state index < -0.39 is 0 Å². The highest BCUT2D eigenvalue weighted by Gasteiger charge is 2.31. The van der Waals surface area contributed by atoms with Crippen LogP contribution in [-0.2, 0) is 23.8 Å². The number of rotatable bonds is 8. The van der Waals surface area contributed by atoms with Gasteiger partial charge in [0, 0.05) is 11.6 Å². The largest absolute Gasteiger partial charge is 1.00 e. The number of quaternary nitrogens is 1. The second-order valence-electron chi connectivity index (χ2n) is 5.67. The third-order valence-corrected chi connectivity index (χ3v) is 2.83. The molecule has 0 aromatic carbocycles. The van der Waals surface area contributed by atoms with E-state index in [0.29, 0.717) is 24.9 Å². The van der Waals surface area contributed by atoms with Crippen molar-refractivity contribution < 1.29 is 40.7 Å². The molecule has 0 bridgehead atoms. The number of carbonyl (C=O) groups excluding carboxylic acids is 2. The summed E-state index contributed by atoms with van der Waals surface area (Å²) in [4.78, 5) is 21.2. The monoisotopic (exact) mass is 349 g/mol. The molecule has 0 aromatic rings. The van der Waals surface area contributed by atoms with Gasteiger partial charge in [0.1, 0.15) is 25.8 Å². The minimum atomic E-state index is -0.359. The molecule has 1 aliphatic heterocycles. The van der Waals surface area contributed by atoms with Crippen LogP contribution in [0, 0.1) is 0 Å². The minimum absolute atomic E-state index is 0. The van der Waals surface area contributed by atoms with Gasteiger partial charge in [0.05, 0.1) is 27.3 Å². The first-order valence-electron chi connectivity index (χ1n) is 7.27. The quantitative estimate of drug-likeness (QED) is 0.227. The van der Waals surface area contributed by atoms with Gasteiger partial charge < -0.3 is 31.1 Å². The second-order valence-corrected chi connectivity index (χ2v) is 5.67. The van der Waals surface area contributed by atoms with E-state index in [1.165, 1.54) is 0 Å².